The highest BCUT2D eigenvalue weighted by Crippen LogP contribution is 2.33. The van der Waals surface area contributed by atoms with Gasteiger partial charge in [0.25, 0.3) is 0 Å². The molecule has 0 radical (unpaired) electrons. The molecule has 182 valence electrons. The Labute approximate surface area is 204 Å². The van der Waals surface area contributed by atoms with Gasteiger partial charge in [-0.15, -0.1) is 0 Å². The van der Waals surface area contributed by atoms with Crippen molar-refractivity contribution in [2.45, 2.75) is 52.4 Å². The van der Waals surface area contributed by atoms with Crippen LogP contribution in [0.1, 0.15) is 39.3 Å². The van der Waals surface area contributed by atoms with Crippen LogP contribution < -0.4 is 4.90 Å². The Bertz CT molecular complexity index is 1370. The zero-order valence-corrected chi connectivity index (χ0v) is 20.4. The number of fused-ring (bicyclic) bond motifs is 1. The van der Waals surface area contributed by atoms with Crippen molar-refractivity contribution in [3.63, 3.8) is 0 Å². The van der Waals surface area contributed by atoms with E-state index in [0.717, 1.165) is 59.6 Å². The first-order valence-corrected chi connectivity index (χ1v) is 12.1. The fraction of sp³-hybridized carbons (Fsp3) is 0.370. The molecule has 8 heteroatoms. The second-order valence-corrected chi connectivity index (χ2v) is 9.51. The Balaban J connectivity index is 1.61. The van der Waals surface area contributed by atoms with Crippen LogP contribution in [0.25, 0.3) is 27.8 Å². The first kappa shape index (κ1) is 23.1. The summed E-state index contributed by atoms with van der Waals surface area (Å²) in [5.74, 6) is -1.00. The van der Waals surface area contributed by atoms with Gasteiger partial charge in [0, 0.05) is 30.6 Å². The van der Waals surface area contributed by atoms with E-state index in [9.17, 15) is 9.90 Å². The summed E-state index contributed by atoms with van der Waals surface area (Å²) in [5.41, 5.74) is 4.53. The molecule has 35 heavy (non-hydrogen) atoms. The minimum atomic E-state index is -1.30. The van der Waals surface area contributed by atoms with Gasteiger partial charge in [0.2, 0.25) is 0 Å². The maximum absolute atomic E-state index is 11.5. The quantitative estimate of drug-likeness (QED) is 0.373. The Morgan fingerprint density at radius 1 is 1.11 bits per heavy atom. The molecule has 0 saturated carbocycles. The van der Waals surface area contributed by atoms with Gasteiger partial charge in [-0.1, -0.05) is 31.2 Å². The topological polar surface area (TPSA) is 85.4 Å². The standard InChI is InChI=1S/C27H31N5O3/c1-4-12-31-24-15-19(10-11-20(24)17-28-31)25-16-21(18-35-27(2,3)26(33)34)29-32(25)23-9-6-5-8-22(23)30-13-7-14-30/h5-6,8-11,15-17H,4,7,12-14,18H2,1-3H3,(H,33,34). The summed E-state index contributed by atoms with van der Waals surface area (Å²) in [6.07, 6.45) is 4.09. The number of ether oxygens (including phenoxy) is 1. The number of anilines is 1. The molecule has 5 rings (SSSR count). The molecule has 0 amide bonds. The van der Waals surface area contributed by atoms with Gasteiger partial charge in [-0.05, 0) is 51.0 Å². The zero-order valence-electron chi connectivity index (χ0n) is 20.4. The Hall–Kier alpha value is -3.65. The molecule has 0 spiro atoms. The third-order valence-corrected chi connectivity index (χ3v) is 6.54. The number of benzene rings is 2. The number of para-hydroxylation sites is 2. The average Bonchev–Trinajstić information content (AvgIpc) is 3.41. The molecule has 3 heterocycles. The zero-order chi connectivity index (χ0) is 24.6. The smallest absolute Gasteiger partial charge is 0.335 e. The van der Waals surface area contributed by atoms with Gasteiger partial charge in [-0.3, -0.25) is 4.68 Å². The van der Waals surface area contributed by atoms with Gasteiger partial charge in [-0.25, -0.2) is 9.48 Å². The van der Waals surface area contributed by atoms with E-state index in [1.54, 1.807) is 13.8 Å². The summed E-state index contributed by atoms with van der Waals surface area (Å²) < 4.78 is 9.73. The number of hydrogen-bond donors (Lipinski definition) is 1. The lowest BCUT2D eigenvalue weighted by Gasteiger charge is -2.34. The Kier molecular flexibility index (Phi) is 6.06. The predicted octanol–water partition coefficient (Wildman–Crippen LogP) is 4.89. The summed E-state index contributed by atoms with van der Waals surface area (Å²) in [5, 5.41) is 20.0. The average molecular weight is 474 g/mol. The summed E-state index contributed by atoms with van der Waals surface area (Å²) >= 11 is 0. The second kappa shape index (κ2) is 9.19. The molecule has 1 N–H and O–H groups in total. The van der Waals surface area contributed by atoms with Crippen LogP contribution in [0, 0.1) is 0 Å². The summed E-state index contributed by atoms with van der Waals surface area (Å²) in [4.78, 5) is 13.9. The van der Waals surface area contributed by atoms with Gasteiger partial charge in [0.15, 0.2) is 5.60 Å². The van der Waals surface area contributed by atoms with E-state index in [4.69, 9.17) is 9.84 Å². The largest absolute Gasteiger partial charge is 0.479 e. The first-order chi connectivity index (χ1) is 16.9. The molecular weight excluding hydrogens is 442 g/mol. The highest BCUT2D eigenvalue weighted by Gasteiger charge is 2.29. The van der Waals surface area contributed by atoms with Crippen molar-refractivity contribution >= 4 is 22.6 Å². The molecular formula is C27H31N5O3. The molecule has 0 unspecified atom stereocenters. The van der Waals surface area contributed by atoms with Crippen LogP contribution >= 0.6 is 0 Å². The minimum Gasteiger partial charge on any atom is -0.479 e. The predicted molar refractivity (Wildman–Crippen MR) is 136 cm³/mol. The van der Waals surface area contributed by atoms with E-state index in [2.05, 4.69) is 53.3 Å². The maximum atomic E-state index is 11.5. The normalized spacial score (nSPS) is 13.9. The van der Waals surface area contributed by atoms with Gasteiger partial charge in [-0.2, -0.15) is 10.2 Å². The van der Waals surface area contributed by atoms with Crippen molar-refractivity contribution in [2.24, 2.45) is 0 Å². The molecule has 8 nitrogen and oxygen atoms in total. The fourth-order valence-corrected chi connectivity index (χ4v) is 4.29. The van der Waals surface area contributed by atoms with Crippen LogP contribution in [0.3, 0.4) is 0 Å². The number of carbonyl (C=O) groups is 1. The number of rotatable bonds is 9. The third-order valence-electron chi connectivity index (χ3n) is 6.54. The monoisotopic (exact) mass is 473 g/mol. The molecule has 4 aromatic rings. The summed E-state index contributed by atoms with van der Waals surface area (Å²) in [6, 6.07) is 16.6. The summed E-state index contributed by atoms with van der Waals surface area (Å²) in [6.45, 7) is 8.25. The van der Waals surface area contributed by atoms with Crippen molar-refractivity contribution in [2.75, 3.05) is 18.0 Å². The van der Waals surface area contributed by atoms with Crippen LogP contribution in [0.15, 0.2) is 54.7 Å². The van der Waals surface area contributed by atoms with Crippen LogP contribution in [0.2, 0.25) is 0 Å². The van der Waals surface area contributed by atoms with Gasteiger partial charge >= 0.3 is 5.97 Å². The van der Waals surface area contributed by atoms with Crippen LogP contribution in [0.5, 0.6) is 0 Å². The summed E-state index contributed by atoms with van der Waals surface area (Å²) in [7, 11) is 0. The molecule has 0 atom stereocenters. The lowest BCUT2D eigenvalue weighted by molar-refractivity contribution is -0.162. The molecule has 1 fully saturated rings. The van der Waals surface area contributed by atoms with Crippen LogP contribution in [0.4, 0.5) is 5.69 Å². The van der Waals surface area contributed by atoms with Crippen molar-refractivity contribution in [1.82, 2.24) is 19.6 Å². The van der Waals surface area contributed by atoms with E-state index < -0.39 is 11.6 Å². The highest BCUT2D eigenvalue weighted by atomic mass is 16.5. The van der Waals surface area contributed by atoms with Crippen molar-refractivity contribution < 1.29 is 14.6 Å². The molecule has 1 saturated heterocycles. The van der Waals surface area contributed by atoms with Crippen LogP contribution in [-0.2, 0) is 22.7 Å². The number of carboxylic acids is 1. The van der Waals surface area contributed by atoms with E-state index in [1.807, 2.05) is 27.7 Å². The van der Waals surface area contributed by atoms with Crippen molar-refractivity contribution in [3.05, 3.63) is 60.4 Å². The fourth-order valence-electron chi connectivity index (χ4n) is 4.29. The molecule has 1 aliphatic heterocycles. The van der Waals surface area contributed by atoms with E-state index in [-0.39, 0.29) is 6.61 Å². The third kappa shape index (κ3) is 4.41. The molecule has 1 aliphatic rings. The number of hydrogen-bond acceptors (Lipinski definition) is 5. The number of aliphatic carboxylic acids is 1. The van der Waals surface area contributed by atoms with Crippen molar-refractivity contribution in [1.29, 1.82) is 0 Å². The number of aryl methyl sites for hydroxylation is 1. The lowest BCUT2D eigenvalue weighted by atomic mass is 10.1. The number of aromatic nitrogens is 4. The second-order valence-electron chi connectivity index (χ2n) is 9.51. The molecule has 2 aromatic carbocycles. The van der Waals surface area contributed by atoms with E-state index in [0.29, 0.717) is 5.69 Å². The van der Waals surface area contributed by atoms with Gasteiger partial charge in [0.05, 0.1) is 41.1 Å². The van der Waals surface area contributed by atoms with E-state index in [1.165, 1.54) is 6.42 Å². The first-order valence-electron chi connectivity index (χ1n) is 12.1. The molecule has 0 bridgehead atoms. The Morgan fingerprint density at radius 3 is 2.57 bits per heavy atom. The maximum Gasteiger partial charge on any atom is 0.335 e. The number of nitrogens with zero attached hydrogens (tertiary/aromatic N) is 5. The van der Waals surface area contributed by atoms with Gasteiger partial charge < -0.3 is 14.7 Å². The Morgan fingerprint density at radius 2 is 1.89 bits per heavy atom. The lowest BCUT2D eigenvalue weighted by Crippen LogP contribution is -2.37. The molecule has 0 aliphatic carbocycles. The highest BCUT2D eigenvalue weighted by molar-refractivity contribution is 5.84. The van der Waals surface area contributed by atoms with Crippen molar-refractivity contribution in [3.8, 4) is 16.9 Å². The van der Waals surface area contributed by atoms with Gasteiger partial charge in [0.1, 0.15) is 0 Å². The SMILES string of the molecule is CCCn1ncc2ccc(-c3cc(COC(C)(C)C(=O)O)nn3-c3ccccc3N3CCC3)cc21. The molecule has 2 aromatic heterocycles. The number of carboxylic acid groups (broad SMARTS) is 1. The van der Waals surface area contributed by atoms with E-state index >= 15 is 0 Å². The minimum absolute atomic E-state index is 0.0984. The van der Waals surface area contributed by atoms with Crippen LogP contribution in [-0.4, -0.2) is 49.3 Å².